The normalized spacial score (nSPS) is 22.0. The predicted octanol–water partition coefficient (Wildman–Crippen LogP) is 5.21. The summed E-state index contributed by atoms with van der Waals surface area (Å²) in [4.78, 5) is 0. The molecule has 110 valence electrons. The summed E-state index contributed by atoms with van der Waals surface area (Å²) >= 11 is 3.78. The molecule has 0 bridgehead atoms. The van der Waals surface area contributed by atoms with Gasteiger partial charge in [-0.15, -0.1) is 0 Å². The molecular formula is C19H22BrN. The molecule has 0 amide bonds. The van der Waals surface area contributed by atoms with Gasteiger partial charge in [-0.25, -0.2) is 0 Å². The number of halogens is 1. The molecule has 1 N–H and O–H groups in total. The van der Waals surface area contributed by atoms with Crippen molar-refractivity contribution in [2.45, 2.75) is 32.2 Å². The van der Waals surface area contributed by atoms with Gasteiger partial charge in [-0.05, 0) is 48.4 Å². The molecule has 0 aromatic heterocycles. The molecule has 1 nitrogen and oxygen atoms in total. The molecule has 1 aliphatic carbocycles. The van der Waals surface area contributed by atoms with Crippen LogP contribution in [0.2, 0.25) is 0 Å². The van der Waals surface area contributed by atoms with Gasteiger partial charge in [-0.1, -0.05) is 71.4 Å². The fraction of sp³-hybridized carbons (Fsp3) is 0.368. The molecule has 1 saturated carbocycles. The summed E-state index contributed by atoms with van der Waals surface area (Å²) in [5.41, 5.74) is 4.20. The largest absolute Gasteiger partial charge is 0.310 e. The van der Waals surface area contributed by atoms with Crippen molar-refractivity contribution in [2.24, 2.45) is 5.92 Å². The van der Waals surface area contributed by atoms with E-state index in [2.05, 4.69) is 83.6 Å². The van der Waals surface area contributed by atoms with Gasteiger partial charge >= 0.3 is 0 Å². The second kappa shape index (κ2) is 6.33. The molecule has 2 aromatic carbocycles. The van der Waals surface area contributed by atoms with E-state index >= 15 is 0 Å². The average Bonchev–Trinajstić information content (AvgIpc) is 3.29. The topological polar surface area (TPSA) is 12.0 Å². The minimum absolute atomic E-state index is 0.439. The zero-order valence-electron chi connectivity index (χ0n) is 12.6. The van der Waals surface area contributed by atoms with Gasteiger partial charge in [0.25, 0.3) is 0 Å². The van der Waals surface area contributed by atoms with Crippen molar-refractivity contribution in [3.05, 3.63) is 69.7 Å². The van der Waals surface area contributed by atoms with Crippen molar-refractivity contribution in [1.29, 1.82) is 0 Å². The van der Waals surface area contributed by atoms with Crippen molar-refractivity contribution >= 4 is 15.9 Å². The summed E-state index contributed by atoms with van der Waals surface area (Å²) in [5, 5.41) is 3.70. The first-order valence-electron chi connectivity index (χ1n) is 7.75. The van der Waals surface area contributed by atoms with Gasteiger partial charge in [-0.3, -0.25) is 0 Å². The highest BCUT2D eigenvalue weighted by atomic mass is 79.9. The Morgan fingerprint density at radius 1 is 1.14 bits per heavy atom. The molecule has 1 aliphatic rings. The highest BCUT2D eigenvalue weighted by Crippen LogP contribution is 2.54. The lowest BCUT2D eigenvalue weighted by Crippen LogP contribution is -2.23. The molecule has 3 unspecified atom stereocenters. The van der Waals surface area contributed by atoms with E-state index in [-0.39, 0.29) is 0 Å². The van der Waals surface area contributed by atoms with Crippen molar-refractivity contribution in [2.75, 3.05) is 6.54 Å². The highest BCUT2D eigenvalue weighted by molar-refractivity contribution is 9.10. The predicted molar refractivity (Wildman–Crippen MR) is 92.6 cm³/mol. The van der Waals surface area contributed by atoms with E-state index in [1.54, 1.807) is 0 Å². The summed E-state index contributed by atoms with van der Waals surface area (Å²) in [6, 6.07) is 17.9. The maximum atomic E-state index is 3.78. The first kappa shape index (κ1) is 14.8. The van der Waals surface area contributed by atoms with E-state index in [9.17, 15) is 0 Å². The zero-order chi connectivity index (χ0) is 14.8. The number of hydrogen-bond donors (Lipinski definition) is 1. The van der Waals surface area contributed by atoms with Crippen LogP contribution < -0.4 is 5.32 Å². The Kier molecular flexibility index (Phi) is 4.46. The Morgan fingerprint density at radius 2 is 1.90 bits per heavy atom. The Bertz CT molecular complexity index is 608. The number of nitrogens with one attached hydrogen (secondary N) is 1. The number of benzene rings is 2. The Hall–Kier alpha value is -1.12. The maximum absolute atomic E-state index is 3.78. The third-order valence-electron chi connectivity index (χ3n) is 4.48. The number of rotatable bonds is 5. The van der Waals surface area contributed by atoms with Crippen LogP contribution in [-0.2, 0) is 0 Å². The maximum Gasteiger partial charge on any atom is 0.0365 e. The smallest absolute Gasteiger partial charge is 0.0365 e. The Labute approximate surface area is 135 Å². The molecular weight excluding hydrogens is 322 g/mol. The SMILES string of the molecule is CCNC(c1cccc(C)c1Br)C1CC1c1ccccc1. The fourth-order valence-corrected chi connectivity index (χ4v) is 3.80. The van der Waals surface area contributed by atoms with Gasteiger partial charge in [0.15, 0.2) is 0 Å². The monoisotopic (exact) mass is 343 g/mol. The van der Waals surface area contributed by atoms with Gasteiger partial charge in [0.2, 0.25) is 0 Å². The lowest BCUT2D eigenvalue weighted by molar-refractivity contribution is 0.485. The second-order valence-electron chi connectivity index (χ2n) is 5.93. The first-order valence-corrected chi connectivity index (χ1v) is 8.55. The van der Waals surface area contributed by atoms with Gasteiger partial charge in [-0.2, -0.15) is 0 Å². The van der Waals surface area contributed by atoms with E-state index in [4.69, 9.17) is 0 Å². The molecule has 3 rings (SSSR count). The molecule has 0 aliphatic heterocycles. The van der Waals surface area contributed by atoms with Crippen LogP contribution in [0.4, 0.5) is 0 Å². The molecule has 0 radical (unpaired) electrons. The van der Waals surface area contributed by atoms with Gasteiger partial charge in [0, 0.05) is 10.5 Å². The number of hydrogen-bond acceptors (Lipinski definition) is 1. The summed E-state index contributed by atoms with van der Waals surface area (Å²) in [6.07, 6.45) is 1.28. The van der Waals surface area contributed by atoms with Crippen LogP contribution >= 0.6 is 15.9 Å². The molecule has 0 spiro atoms. The van der Waals surface area contributed by atoms with E-state index in [0.717, 1.165) is 6.54 Å². The third kappa shape index (κ3) is 3.07. The van der Waals surface area contributed by atoms with E-state index in [0.29, 0.717) is 17.9 Å². The van der Waals surface area contributed by atoms with Crippen molar-refractivity contribution in [1.82, 2.24) is 5.32 Å². The summed E-state index contributed by atoms with van der Waals surface area (Å²) in [7, 11) is 0. The lowest BCUT2D eigenvalue weighted by atomic mass is 9.97. The van der Waals surface area contributed by atoms with Gasteiger partial charge in [0.05, 0.1) is 0 Å². The second-order valence-corrected chi connectivity index (χ2v) is 6.72. The van der Waals surface area contributed by atoms with Crippen LogP contribution in [0, 0.1) is 12.8 Å². The van der Waals surface area contributed by atoms with Crippen molar-refractivity contribution < 1.29 is 0 Å². The molecule has 21 heavy (non-hydrogen) atoms. The zero-order valence-corrected chi connectivity index (χ0v) is 14.2. The van der Waals surface area contributed by atoms with Crippen molar-refractivity contribution in [3.63, 3.8) is 0 Å². The fourth-order valence-electron chi connectivity index (χ4n) is 3.29. The van der Waals surface area contributed by atoms with Crippen molar-refractivity contribution in [3.8, 4) is 0 Å². The summed E-state index contributed by atoms with van der Waals surface area (Å²) < 4.78 is 1.26. The summed E-state index contributed by atoms with van der Waals surface area (Å²) in [6.45, 7) is 5.36. The quantitative estimate of drug-likeness (QED) is 0.785. The van der Waals surface area contributed by atoms with Gasteiger partial charge in [0.1, 0.15) is 0 Å². The van der Waals surface area contributed by atoms with Crippen LogP contribution in [0.1, 0.15) is 42.0 Å². The van der Waals surface area contributed by atoms with E-state index in [1.807, 2.05) is 0 Å². The van der Waals surface area contributed by atoms with Crippen LogP contribution in [0.5, 0.6) is 0 Å². The van der Waals surface area contributed by atoms with Crippen LogP contribution in [0.25, 0.3) is 0 Å². The highest BCUT2D eigenvalue weighted by Gasteiger charge is 2.44. The first-order chi connectivity index (χ1) is 10.2. The minimum atomic E-state index is 0.439. The average molecular weight is 344 g/mol. The van der Waals surface area contributed by atoms with Crippen LogP contribution in [-0.4, -0.2) is 6.54 Å². The lowest BCUT2D eigenvalue weighted by Gasteiger charge is -2.21. The van der Waals surface area contributed by atoms with E-state index < -0.39 is 0 Å². The molecule has 2 heteroatoms. The van der Waals surface area contributed by atoms with Gasteiger partial charge < -0.3 is 5.32 Å². The Balaban J connectivity index is 1.85. The third-order valence-corrected chi connectivity index (χ3v) is 5.56. The van der Waals surface area contributed by atoms with E-state index in [1.165, 1.54) is 27.6 Å². The molecule has 0 saturated heterocycles. The Morgan fingerprint density at radius 3 is 2.62 bits per heavy atom. The molecule has 3 atom stereocenters. The standard InChI is InChI=1S/C19H22BrN/c1-3-21-19(15-11-7-8-13(2)18(15)20)17-12-16(17)14-9-5-4-6-10-14/h4-11,16-17,19,21H,3,12H2,1-2H3. The molecule has 1 fully saturated rings. The summed E-state index contributed by atoms with van der Waals surface area (Å²) in [5.74, 6) is 1.40. The molecule has 0 heterocycles. The number of aryl methyl sites for hydroxylation is 1. The van der Waals surface area contributed by atoms with Crippen LogP contribution in [0.15, 0.2) is 53.0 Å². The minimum Gasteiger partial charge on any atom is -0.310 e. The molecule has 2 aromatic rings. The van der Waals surface area contributed by atoms with Crippen LogP contribution in [0.3, 0.4) is 0 Å².